The molecule has 1 unspecified atom stereocenters. The van der Waals surface area contributed by atoms with E-state index in [-0.39, 0.29) is 5.54 Å². The smallest absolute Gasteiger partial charge is 0.0416 e. The van der Waals surface area contributed by atoms with E-state index in [1.807, 2.05) is 12.3 Å². The highest BCUT2D eigenvalue weighted by Crippen LogP contribution is 2.48. The average Bonchev–Trinajstić information content (AvgIpc) is 2.73. The van der Waals surface area contributed by atoms with Crippen LogP contribution in [0.4, 0.5) is 0 Å². The summed E-state index contributed by atoms with van der Waals surface area (Å²) in [5.41, 5.74) is 7.78. The molecule has 0 spiro atoms. The highest BCUT2D eigenvalue weighted by atomic mass is 15.2. The maximum absolute atomic E-state index is 6.16. The second-order valence-electron chi connectivity index (χ2n) is 6.47. The third-order valence-corrected chi connectivity index (χ3v) is 5.15. The Morgan fingerprint density at radius 2 is 2.11 bits per heavy atom. The fourth-order valence-electron chi connectivity index (χ4n) is 3.68. The van der Waals surface area contributed by atoms with Crippen LogP contribution in [-0.4, -0.2) is 35.6 Å². The number of hydrogen-bond donors (Lipinski definition) is 1. The monoisotopic (exact) mass is 261 g/mol. The number of rotatable bonds is 5. The van der Waals surface area contributed by atoms with Gasteiger partial charge in [-0.25, -0.2) is 0 Å². The molecule has 1 aromatic heterocycles. The maximum Gasteiger partial charge on any atom is 0.0416 e. The van der Waals surface area contributed by atoms with Gasteiger partial charge in [0.1, 0.15) is 0 Å². The van der Waals surface area contributed by atoms with Crippen LogP contribution in [0.3, 0.4) is 0 Å². The van der Waals surface area contributed by atoms with Gasteiger partial charge in [-0.2, -0.15) is 0 Å². The summed E-state index contributed by atoms with van der Waals surface area (Å²) in [6, 6.07) is 6.12. The number of aromatic nitrogens is 1. The molecular weight excluding hydrogens is 234 g/mol. The van der Waals surface area contributed by atoms with E-state index < -0.39 is 0 Å². The van der Waals surface area contributed by atoms with Gasteiger partial charge in [-0.15, -0.1) is 0 Å². The summed E-state index contributed by atoms with van der Waals surface area (Å²) in [6.45, 7) is 6.50. The molecule has 0 bridgehead atoms. The molecule has 1 aliphatic rings. The molecule has 0 saturated heterocycles. The molecule has 0 aliphatic heterocycles. The Morgan fingerprint density at radius 1 is 1.32 bits per heavy atom. The molecule has 1 aromatic rings. The Bertz CT molecular complexity index is 402. The van der Waals surface area contributed by atoms with E-state index in [1.165, 1.54) is 19.3 Å². The van der Waals surface area contributed by atoms with Crippen LogP contribution in [-0.2, 0) is 6.42 Å². The summed E-state index contributed by atoms with van der Waals surface area (Å²) in [5, 5.41) is 0. The van der Waals surface area contributed by atoms with E-state index in [9.17, 15) is 0 Å². The molecular formula is C16H27N3. The minimum atomic E-state index is 0.155. The molecule has 3 nitrogen and oxygen atoms in total. The number of hydrogen-bond acceptors (Lipinski definition) is 3. The van der Waals surface area contributed by atoms with E-state index >= 15 is 0 Å². The molecule has 1 saturated carbocycles. The van der Waals surface area contributed by atoms with E-state index in [0.29, 0.717) is 5.41 Å². The Balaban J connectivity index is 2.04. The molecule has 2 N–H and O–H groups in total. The Labute approximate surface area is 117 Å². The predicted octanol–water partition coefficient (Wildman–Crippen LogP) is 2.46. The van der Waals surface area contributed by atoms with Crippen LogP contribution < -0.4 is 5.73 Å². The van der Waals surface area contributed by atoms with Crippen LogP contribution in [0.1, 0.15) is 38.8 Å². The van der Waals surface area contributed by atoms with Crippen molar-refractivity contribution in [1.29, 1.82) is 0 Å². The van der Waals surface area contributed by atoms with Crippen LogP contribution in [0.5, 0.6) is 0 Å². The van der Waals surface area contributed by atoms with E-state index in [1.54, 1.807) is 0 Å². The van der Waals surface area contributed by atoms with Gasteiger partial charge >= 0.3 is 0 Å². The summed E-state index contributed by atoms with van der Waals surface area (Å²) in [5.74, 6) is 0. The number of likely N-dealkylation sites (N-methyl/N-ethyl adjacent to an activating group) is 1. The van der Waals surface area contributed by atoms with Gasteiger partial charge in [0.25, 0.3) is 0 Å². The first-order valence-electron chi connectivity index (χ1n) is 7.33. The molecule has 3 heteroatoms. The lowest BCUT2D eigenvalue weighted by Gasteiger charge is -2.48. The number of nitrogens with two attached hydrogens (primary N) is 1. The van der Waals surface area contributed by atoms with Crippen LogP contribution >= 0.6 is 0 Å². The Morgan fingerprint density at radius 3 is 2.63 bits per heavy atom. The summed E-state index contributed by atoms with van der Waals surface area (Å²) < 4.78 is 0. The zero-order chi connectivity index (χ0) is 13.9. The van der Waals surface area contributed by atoms with Crippen molar-refractivity contribution < 1.29 is 0 Å². The molecule has 2 rings (SSSR count). The topological polar surface area (TPSA) is 42.2 Å². The van der Waals surface area contributed by atoms with Gasteiger partial charge in [-0.3, -0.25) is 9.88 Å². The normalized spacial score (nSPS) is 25.9. The zero-order valence-corrected chi connectivity index (χ0v) is 12.5. The van der Waals surface area contributed by atoms with Crippen LogP contribution in [0.25, 0.3) is 0 Å². The third kappa shape index (κ3) is 2.67. The summed E-state index contributed by atoms with van der Waals surface area (Å²) in [7, 11) is 2.23. The first-order valence-corrected chi connectivity index (χ1v) is 7.33. The molecule has 0 radical (unpaired) electrons. The lowest BCUT2D eigenvalue weighted by atomic mass is 9.73. The van der Waals surface area contributed by atoms with Crippen molar-refractivity contribution >= 4 is 0 Å². The highest BCUT2D eigenvalue weighted by Gasteiger charge is 2.50. The standard InChI is InChI=1S/C16H27N3/c1-15(2)9-6-10-16(15,13-17)19(3)12-8-14-7-4-5-11-18-14/h4-5,7,11H,6,8-10,12-13,17H2,1-3H3. The fraction of sp³-hybridized carbons (Fsp3) is 0.688. The van der Waals surface area contributed by atoms with Crippen molar-refractivity contribution in [1.82, 2.24) is 9.88 Å². The first-order chi connectivity index (χ1) is 9.02. The van der Waals surface area contributed by atoms with Crippen molar-refractivity contribution in [2.75, 3.05) is 20.1 Å². The van der Waals surface area contributed by atoms with Gasteiger partial charge in [0.15, 0.2) is 0 Å². The lowest BCUT2D eigenvalue weighted by Crippen LogP contribution is -2.58. The van der Waals surface area contributed by atoms with Crippen LogP contribution in [0, 0.1) is 5.41 Å². The van der Waals surface area contributed by atoms with E-state index in [2.05, 4.69) is 42.9 Å². The minimum Gasteiger partial charge on any atom is -0.329 e. The van der Waals surface area contributed by atoms with Crippen molar-refractivity contribution in [2.24, 2.45) is 11.1 Å². The van der Waals surface area contributed by atoms with Gasteiger partial charge in [0.05, 0.1) is 0 Å². The average molecular weight is 261 g/mol. The second-order valence-corrected chi connectivity index (χ2v) is 6.47. The summed E-state index contributed by atoms with van der Waals surface area (Å²) in [6.07, 6.45) is 6.65. The summed E-state index contributed by atoms with van der Waals surface area (Å²) >= 11 is 0. The van der Waals surface area contributed by atoms with E-state index in [0.717, 1.165) is 25.2 Å². The number of pyridine rings is 1. The molecule has 0 amide bonds. The maximum atomic E-state index is 6.16. The molecule has 106 valence electrons. The fourth-order valence-corrected chi connectivity index (χ4v) is 3.68. The molecule has 1 fully saturated rings. The van der Waals surface area contributed by atoms with Gasteiger partial charge < -0.3 is 5.73 Å². The zero-order valence-electron chi connectivity index (χ0n) is 12.5. The van der Waals surface area contributed by atoms with Gasteiger partial charge in [0, 0.05) is 36.9 Å². The highest BCUT2D eigenvalue weighted by molar-refractivity contribution is 5.08. The SMILES string of the molecule is CN(CCc1ccccn1)C1(CN)CCCC1(C)C. The largest absolute Gasteiger partial charge is 0.329 e. The predicted molar refractivity (Wildman–Crippen MR) is 80.0 cm³/mol. The molecule has 0 aromatic carbocycles. The molecule has 1 aliphatic carbocycles. The minimum absolute atomic E-state index is 0.155. The molecule has 19 heavy (non-hydrogen) atoms. The van der Waals surface area contributed by atoms with Crippen LogP contribution in [0.2, 0.25) is 0 Å². The Kier molecular flexibility index (Phi) is 4.26. The van der Waals surface area contributed by atoms with Gasteiger partial charge in [0.2, 0.25) is 0 Å². The second kappa shape index (κ2) is 5.59. The quantitative estimate of drug-likeness (QED) is 0.885. The molecule has 1 heterocycles. The molecule has 1 atom stereocenters. The van der Waals surface area contributed by atoms with Crippen molar-refractivity contribution in [2.45, 2.75) is 45.1 Å². The Hall–Kier alpha value is -0.930. The van der Waals surface area contributed by atoms with Crippen molar-refractivity contribution in [3.05, 3.63) is 30.1 Å². The third-order valence-electron chi connectivity index (χ3n) is 5.15. The number of nitrogens with zero attached hydrogens (tertiary/aromatic N) is 2. The lowest BCUT2D eigenvalue weighted by molar-refractivity contribution is 0.0343. The summed E-state index contributed by atoms with van der Waals surface area (Å²) in [4.78, 5) is 6.89. The van der Waals surface area contributed by atoms with Crippen LogP contribution in [0.15, 0.2) is 24.4 Å². The first kappa shape index (κ1) is 14.5. The van der Waals surface area contributed by atoms with Gasteiger partial charge in [-0.1, -0.05) is 26.3 Å². The van der Waals surface area contributed by atoms with Crippen molar-refractivity contribution in [3.63, 3.8) is 0 Å². The van der Waals surface area contributed by atoms with Gasteiger partial charge in [-0.05, 0) is 37.4 Å². The van der Waals surface area contributed by atoms with Crippen molar-refractivity contribution in [3.8, 4) is 0 Å². The van der Waals surface area contributed by atoms with E-state index in [4.69, 9.17) is 5.73 Å².